The van der Waals surface area contributed by atoms with Gasteiger partial charge in [0.1, 0.15) is 0 Å². The molecule has 2 rings (SSSR count). The van der Waals surface area contributed by atoms with Gasteiger partial charge in [-0.15, -0.1) is 11.3 Å². The Hall–Kier alpha value is -2.41. The van der Waals surface area contributed by atoms with Crippen molar-refractivity contribution in [2.45, 2.75) is 13.5 Å². The number of nitrogens with zero attached hydrogens (tertiary/aromatic N) is 2. The number of nitrogens with one attached hydrogen (secondary N) is 1. The minimum atomic E-state index is -0.966. The Labute approximate surface area is 126 Å². The number of hydrogen-bond acceptors (Lipinski definition) is 4. The third-order valence-corrected chi connectivity index (χ3v) is 3.63. The smallest absolute Gasteiger partial charge is 0.335 e. The number of carboxylic acid groups (broad SMARTS) is 1. The maximum absolute atomic E-state index is 12.0. The summed E-state index contributed by atoms with van der Waals surface area (Å²) >= 11 is 1.41. The lowest BCUT2D eigenvalue weighted by atomic mass is 10.1. The predicted molar refractivity (Wildman–Crippen MR) is 80.7 cm³/mol. The van der Waals surface area contributed by atoms with Crippen LogP contribution >= 0.6 is 11.3 Å². The minimum absolute atomic E-state index is 0.226. The first-order chi connectivity index (χ1) is 9.95. The van der Waals surface area contributed by atoms with Gasteiger partial charge in [0.25, 0.3) is 0 Å². The highest BCUT2D eigenvalue weighted by molar-refractivity contribution is 7.15. The van der Waals surface area contributed by atoms with Gasteiger partial charge in [0.05, 0.1) is 5.56 Å². The largest absolute Gasteiger partial charge is 0.478 e. The molecular formula is C14H15N3O3S. The van der Waals surface area contributed by atoms with E-state index in [0.29, 0.717) is 11.7 Å². The van der Waals surface area contributed by atoms with E-state index in [2.05, 4.69) is 10.3 Å². The lowest BCUT2D eigenvalue weighted by Gasteiger charge is -2.17. The lowest BCUT2D eigenvalue weighted by Crippen LogP contribution is -2.30. The number of hydrogen-bond donors (Lipinski definition) is 2. The van der Waals surface area contributed by atoms with E-state index in [1.165, 1.54) is 28.4 Å². The Balaban J connectivity index is 1.95. The molecule has 2 N–H and O–H groups in total. The zero-order valence-corrected chi connectivity index (χ0v) is 12.5. The third-order valence-electron chi connectivity index (χ3n) is 2.80. The Kier molecular flexibility index (Phi) is 4.54. The molecule has 0 spiro atoms. The number of aromatic carboxylic acids is 1. The first kappa shape index (κ1) is 15.0. The van der Waals surface area contributed by atoms with Gasteiger partial charge in [0.15, 0.2) is 5.13 Å². The van der Waals surface area contributed by atoms with Crippen LogP contribution in [0.25, 0.3) is 0 Å². The van der Waals surface area contributed by atoms with Crippen LogP contribution in [0.5, 0.6) is 0 Å². The summed E-state index contributed by atoms with van der Waals surface area (Å²) in [5, 5.41) is 12.1. The van der Waals surface area contributed by atoms with E-state index in [9.17, 15) is 9.59 Å². The molecule has 0 fully saturated rings. The van der Waals surface area contributed by atoms with Gasteiger partial charge in [0, 0.05) is 24.7 Å². The van der Waals surface area contributed by atoms with Crippen LogP contribution in [0.15, 0.2) is 30.5 Å². The summed E-state index contributed by atoms with van der Waals surface area (Å²) in [4.78, 5) is 29.4. The average Bonchev–Trinajstić information content (AvgIpc) is 2.84. The van der Waals surface area contributed by atoms with Crippen LogP contribution in [0.1, 0.15) is 20.8 Å². The normalized spacial score (nSPS) is 10.2. The molecule has 2 aromatic rings. The molecule has 110 valence electrons. The third kappa shape index (κ3) is 4.03. The topological polar surface area (TPSA) is 82.5 Å². The van der Waals surface area contributed by atoms with E-state index in [1.807, 2.05) is 6.92 Å². The van der Waals surface area contributed by atoms with Crippen LogP contribution in [-0.4, -0.2) is 34.0 Å². The predicted octanol–water partition coefficient (Wildman–Crippen LogP) is 2.81. The Bertz CT molecular complexity index is 652. The zero-order chi connectivity index (χ0) is 15.4. The van der Waals surface area contributed by atoms with Crippen molar-refractivity contribution in [3.05, 3.63) is 46.5 Å². The van der Waals surface area contributed by atoms with E-state index in [4.69, 9.17) is 5.11 Å². The quantitative estimate of drug-likeness (QED) is 0.910. The van der Waals surface area contributed by atoms with Gasteiger partial charge < -0.3 is 10.0 Å². The summed E-state index contributed by atoms with van der Waals surface area (Å²) in [6.07, 6.45) is 1.70. The van der Waals surface area contributed by atoms with Gasteiger partial charge in [0.2, 0.25) is 0 Å². The van der Waals surface area contributed by atoms with Gasteiger partial charge in [-0.05, 0) is 24.6 Å². The van der Waals surface area contributed by atoms with Crippen molar-refractivity contribution < 1.29 is 14.7 Å². The second-order valence-electron chi connectivity index (χ2n) is 4.56. The number of anilines is 1. The molecule has 0 bridgehead atoms. The van der Waals surface area contributed by atoms with Crippen molar-refractivity contribution in [1.29, 1.82) is 0 Å². The number of urea groups is 1. The number of amides is 2. The number of aryl methyl sites for hydroxylation is 1. The van der Waals surface area contributed by atoms with Crippen LogP contribution in [0.2, 0.25) is 0 Å². The highest BCUT2D eigenvalue weighted by Gasteiger charge is 2.11. The Morgan fingerprint density at radius 2 is 2.00 bits per heavy atom. The Morgan fingerprint density at radius 3 is 2.52 bits per heavy atom. The first-order valence-corrected chi connectivity index (χ1v) is 7.04. The molecule has 0 saturated heterocycles. The standard InChI is InChI=1S/C14H15N3O3S/c1-9-7-15-13(21-9)16-14(20)17(2)8-10-3-5-11(6-4-10)12(18)19/h3-7H,8H2,1-2H3,(H,18,19)(H,15,16,20). The molecule has 7 heteroatoms. The maximum Gasteiger partial charge on any atom is 0.335 e. The zero-order valence-electron chi connectivity index (χ0n) is 11.7. The summed E-state index contributed by atoms with van der Waals surface area (Å²) in [6, 6.07) is 6.18. The molecule has 21 heavy (non-hydrogen) atoms. The molecule has 1 aromatic heterocycles. The second-order valence-corrected chi connectivity index (χ2v) is 5.80. The van der Waals surface area contributed by atoms with Crippen molar-refractivity contribution in [2.75, 3.05) is 12.4 Å². The second kappa shape index (κ2) is 6.36. The molecule has 0 saturated carbocycles. The molecule has 0 aliphatic heterocycles. The number of thiazole rings is 1. The Morgan fingerprint density at radius 1 is 1.33 bits per heavy atom. The van der Waals surface area contributed by atoms with Gasteiger partial charge in [-0.2, -0.15) is 0 Å². The first-order valence-electron chi connectivity index (χ1n) is 6.22. The monoisotopic (exact) mass is 305 g/mol. The molecule has 1 aromatic carbocycles. The average molecular weight is 305 g/mol. The van der Waals surface area contributed by atoms with Crippen LogP contribution in [-0.2, 0) is 6.54 Å². The van der Waals surface area contributed by atoms with Gasteiger partial charge in [-0.1, -0.05) is 12.1 Å². The molecule has 0 unspecified atom stereocenters. The molecule has 1 heterocycles. The maximum atomic E-state index is 12.0. The van der Waals surface area contributed by atoms with Crippen LogP contribution in [0.3, 0.4) is 0 Å². The van der Waals surface area contributed by atoms with Crippen LogP contribution < -0.4 is 5.32 Å². The van der Waals surface area contributed by atoms with Crippen molar-refractivity contribution in [2.24, 2.45) is 0 Å². The van der Waals surface area contributed by atoms with E-state index in [0.717, 1.165) is 10.4 Å². The molecular weight excluding hydrogens is 290 g/mol. The fourth-order valence-electron chi connectivity index (χ4n) is 1.70. The lowest BCUT2D eigenvalue weighted by molar-refractivity contribution is 0.0697. The summed E-state index contributed by atoms with van der Waals surface area (Å²) in [5.74, 6) is -0.966. The SMILES string of the molecule is Cc1cnc(NC(=O)N(C)Cc2ccc(C(=O)O)cc2)s1. The van der Waals surface area contributed by atoms with Gasteiger partial charge >= 0.3 is 12.0 Å². The van der Waals surface area contributed by atoms with Crippen molar-refractivity contribution in [1.82, 2.24) is 9.88 Å². The summed E-state index contributed by atoms with van der Waals surface area (Å²) in [5.41, 5.74) is 1.08. The van der Waals surface area contributed by atoms with Crippen molar-refractivity contribution >= 4 is 28.5 Å². The molecule has 2 amide bonds. The fourth-order valence-corrected chi connectivity index (χ4v) is 2.35. The van der Waals surface area contributed by atoms with Crippen LogP contribution in [0.4, 0.5) is 9.93 Å². The van der Waals surface area contributed by atoms with Crippen LogP contribution in [0, 0.1) is 6.92 Å². The number of benzene rings is 1. The van der Waals surface area contributed by atoms with E-state index in [-0.39, 0.29) is 11.6 Å². The summed E-state index contributed by atoms with van der Waals surface area (Å²) in [6.45, 7) is 2.30. The van der Waals surface area contributed by atoms with Gasteiger partial charge in [-0.3, -0.25) is 5.32 Å². The van der Waals surface area contributed by atoms with E-state index in [1.54, 1.807) is 25.4 Å². The van der Waals surface area contributed by atoms with E-state index < -0.39 is 5.97 Å². The highest BCUT2D eigenvalue weighted by Crippen LogP contribution is 2.17. The number of carbonyl (C=O) groups excluding carboxylic acids is 1. The van der Waals surface area contributed by atoms with Gasteiger partial charge in [-0.25, -0.2) is 14.6 Å². The molecule has 0 aliphatic carbocycles. The van der Waals surface area contributed by atoms with Crippen molar-refractivity contribution in [3.8, 4) is 0 Å². The minimum Gasteiger partial charge on any atom is -0.478 e. The van der Waals surface area contributed by atoms with E-state index >= 15 is 0 Å². The molecule has 6 nitrogen and oxygen atoms in total. The number of carbonyl (C=O) groups is 2. The molecule has 0 radical (unpaired) electrons. The summed E-state index contributed by atoms with van der Waals surface area (Å²) in [7, 11) is 1.67. The number of aromatic nitrogens is 1. The fraction of sp³-hybridized carbons (Fsp3) is 0.214. The summed E-state index contributed by atoms with van der Waals surface area (Å²) < 4.78 is 0. The highest BCUT2D eigenvalue weighted by atomic mass is 32.1. The molecule has 0 aliphatic rings. The number of carboxylic acids is 1. The van der Waals surface area contributed by atoms with Crippen molar-refractivity contribution in [3.63, 3.8) is 0 Å². The number of rotatable bonds is 4. The molecule has 0 atom stereocenters.